The first-order valence-electron chi connectivity index (χ1n) is 7.74. The molecule has 1 atom stereocenters. The van der Waals surface area contributed by atoms with E-state index in [1.807, 2.05) is 25.1 Å². The van der Waals surface area contributed by atoms with Gasteiger partial charge in [-0.15, -0.1) is 0 Å². The molecule has 0 unspecified atom stereocenters. The van der Waals surface area contributed by atoms with Crippen LogP contribution in [0.5, 0.6) is 5.75 Å². The number of hydrogen-bond acceptors (Lipinski definition) is 4. The summed E-state index contributed by atoms with van der Waals surface area (Å²) in [5.74, 6) is 0.199. The molecule has 1 N–H and O–H groups in total. The van der Waals surface area contributed by atoms with Crippen LogP contribution in [0.25, 0.3) is 0 Å². The first kappa shape index (κ1) is 18.8. The topological polar surface area (TPSA) is 75.7 Å². The Bertz CT molecular complexity index is 848. The zero-order chi connectivity index (χ0) is 18.6. The molecule has 0 saturated heterocycles. The Kier molecular flexibility index (Phi) is 5.69. The molecule has 0 aliphatic heterocycles. The number of para-hydroxylation sites is 1. The number of hydrogen-bond donors (Lipinski definition) is 1. The van der Waals surface area contributed by atoms with Gasteiger partial charge in [0.15, 0.2) is 0 Å². The van der Waals surface area contributed by atoms with Gasteiger partial charge in [0, 0.05) is 5.69 Å². The number of amides is 1. The third kappa shape index (κ3) is 4.51. The summed E-state index contributed by atoms with van der Waals surface area (Å²) in [5, 5.41) is 2.79. The summed E-state index contributed by atoms with van der Waals surface area (Å²) in [5.41, 5.74) is 1.96. The van der Waals surface area contributed by atoms with Gasteiger partial charge in [-0.05, 0) is 49.7 Å². The number of methoxy groups -OCH3 is 1. The first-order valence-corrected chi connectivity index (χ1v) is 9.59. The van der Waals surface area contributed by atoms with Crippen molar-refractivity contribution in [3.63, 3.8) is 0 Å². The molecule has 25 heavy (non-hydrogen) atoms. The van der Waals surface area contributed by atoms with E-state index in [2.05, 4.69) is 5.32 Å². The van der Waals surface area contributed by atoms with E-state index >= 15 is 0 Å². The Hall–Kier alpha value is -2.54. The predicted octanol–water partition coefficient (Wildman–Crippen LogP) is 2.80. The van der Waals surface area contributed by atoms with E-state index in [0.717, 1.165) is 16.1 Å². The van der Waals surface area contributed by atoms with Gasteiger partial charge < -0.3 is 10.1 Å². The monoisotopic (exact) mass is 362 g/mol. The molecular weight excluding hydrogens is 340 g/mol. The van der Waals surface area contributed by atoms with Gasteiger partial charge in [-0.25, -0.2) is 8.42 Å². The second-order valence-corrected chi connectivity index (χ2v) is 7.60. The second kappa shape index (κ2) is 7.57. The normalized spacial score (nSPS) is 12.3. The van der Waals surface area contributed by atoms with Crippen LogP contribution in [0.1, 0.15) is 12.5 Å². The fourth-order valence-electron chi connectivity index (χ4n) is 2.49. The maximum Gasteiger partial charge on any atom is 0.248 e. The van der Waals surface area contributed by atoms with Crippen LogP contribution < -0.4 is 14.4 Å². The molecule has 0 aliphatic carbocycles. The molecule has 0 fully saturated rings. The third-order valence-corrected chi connectivity index (χ3v) is 5.06. The Morgan fingerprint density at radius 2 is 1.72 bits per heavy atom. The summed E-state index contributed by atoms with van der Waals surface area (Å²) in [6, 6.07) is 12.9. The molecule has 0 heterocycles. The van der Waals surface area contributed by atoms with Gasteiger partial charge in [-0.1, -0.05) is 18.2 Å². The summed E-state index contributed by atoms with van der Waals surface area (Å²) >= 11 is 0. The minimum absolute atomic E-state index is 0.399. The first-order chi connectivity index (χ1) is 11.7. The molecule has 7 heteroatoms. The largest absolute Gasteiger partial charge is 0.497 e. The van der Waals surface area contributed by atoms with Crippen molar-refractivity contribution in [3.8, 4) is 5.75 Å². The second-order valence-electron chi connectivity index (χ2n) is 5.74. The number of anilines is 2. The molecule has 134 valence electrons. The zero-order valence-electron chi connectivity index (χ0n) is 14.7. The Morgan fingerprint density at radius 3 is 2.24 bits per heavy atom. The van der Waals surface area contributed by atoms with Crippen molar-refractivity contribution in [2.75, 3.05) is 23.0 Å². The molecule has 0 bridgehead atoms. The highest BCUT2D eigenvalue weighted by Gasteiger charge is 2.29. The van der Waals surface area contributed by atoms with E-state index in [1.54, 1.807) is 37.3 Å². The number of carbonyl (C=O) groups is 1. The number of nitrogens with one attached hydrogen (secondary N) is 1. The molecule has 2 aromatic carbocycles. The number of carbonyl (C=O) groups excluding carboxylic acids is 1. The summed E-state index contributed by atoms with van der Waals surface area (Å²) < 4.78 is 30.7. The summed E-state index contributed by atoms with van der Waals surface area (Å²) in [7, 11) is -2.12. The number of rotatable bonds is 6. The average molecular weight is 362 g/mol. The highest BCUT2D eigenvalue weighted by Crippen LogP contribution is 2.24. The van der Waals surface area contributed by atoms with Crippen LogP contribution in [0.2, 0.25) is 0 Å². The van der Waals surface area contributed by atoms with Gasteiger partial charge in [0.2, 0.25) is 15.9 Å². The van der Waals surface area contributed by atoms with Crippen molar-refractivity contribution in [3.05, 3.63) is 54.1 Å². The van der Waals surface area contributed by atoms with E-state index in [1.165, 1.54) is 7.11 Å². The number of sulfonamides is 1. The maximum atomic E-state index is 12.6. The Labute approximate surface area is 148 Å². The summed E-state index contributed by atoms with van der Waals surface area (Å²) in [4.78, 5) is 12.6. The lowest BCUT2D eigenvalue weighted by atomic mass is 10.2. The smallest absolute Gasteiger partial charge is 0.248 e. The number of benzene rings is 2. The van der Waals surface area contributed by atoms with Crippen LogP contribution in [0, 0.1) is 6.92 Å². The molecule has 6 nitrogen and oxygen atoms in total. The van der Waals surface area contributed by atoms with Gasteiger partial charge in [0.05, 0.1) is 19.1 Å². The number of aryl methyl sites for hydroxylation is 1. The lowest BCUT2D eigenvalue weighted by Crippen LogP contribution is -2.45. The quantitative estimate of drug-likeness (QED) is 0.857. The van der Waals surface area contributed by atoms with Gasteiger partial charge in [-0.3, -0.25) is 9.10 Å². The third-order valence-electron chi connectivity index (χ3n) is 3.82. The molecule has 1 amide bonds. The van der Waals surface area contributed by atoms with Gasteiger partial charge >= 0.3 is 0 Å². The van der Waals surface area contributed by atoms with Crippen LogP contribution >= 0.6 is 0 Å². The van der Waals surface area contributed by atoms with Gasteiger partial charge in [0.25, 0.3) is 0 Å². The fraction of sp³-hybridized carbons (Fsp3) is 0.278. The van der Waals surface area contributed by atoms with E-state index in [0.29, 0.717) is 17.1 Å². The minimum atomic E-state index is -3.65. The minimum Gasteiger partial charge on any atom is -0.497 e. The standard InChI is InChI=1S/C18H22N2O4S/c1-13-7-5-6-8-17(13)19-18(21)14(2)20(25(4,22)23)15-9-11-16(24-3)12-10-15/h5-12,14H,1-4H3,(H,19,21)/t14-/m1/s1. The summed E-state index contributed by atoms with van der Waals surface area (Å²) in [6.45, 7) is 3.43. The van der Waals surface area contributed by atoms with Crippen molar-refractivity contribution in [2.24, 2.45) is 0 Å². The van der Waals surface area contributed by atoms with Crippen LogP contribution in [0.15, 0.2) is 48.5 Å². The zero-order valence-corrected chi connectivity index (χ0v) is 15.5. The molecule has 0 aromatic heterocycles. The van der Waals surface area contributed by atoms with Crippen molar-refractivity contribution in [1.82, 2.24) is 0 Å². The number of ether oxygens (including phenoxy) is 1. The van der Waals surface area contributed by atoms with Crippen LogP contribution in [-0.4, -0.2) is 33.7 Å². The van der Waals surface area contributed by atoms with E-state index in [9.17, 15) is 13.2 Å². The van der Waals surface area contributed by atoms with Crippen LogP contribution in [0.3, 0.4) is 0 Å². The van der Waals surface area contributed by atoms with Crippen LogP contribution in [0.4, 0.5) is 11.4 Å². The average Bonchev–Trinajstić information content (AvgIpc) is 2.56. The van der Waals surface area contributed by atoms with Gasteiger partial charge in [0.1, 0.15) is 11.8 Å². The molecule has 0 spiro atoms. The molecule has 0 radical (unpaired) electrons. The number of nitrogens with zero attached hydrogens (tertiary/aromatic N) is 1. The lowest BCUT2D eigenvalue weighted by Gasteiger charge is -2.28. The SMILES string of the molecule is COc1ccc(N([C@H](C)C(=O)Nc2ccccc2C)S(C)(=O)=O)cc1. The fourth-order valence-corrected chi connectivity index (χ4v) is 3.66. The Morgan fingerprint density at radius 1 is 1.12 bits per heavy atom. The lowest BCUT2D eigenvalue weighted by molar-refractivity contribution is -0.116. The van der Waals surface area contributed by atoms with E-state index in [4.69, 9.17) is 4.74 Å². The van der Waals surface area contributed by atoms with Crippen molar-refractivity contribution >= 4 is 27.3 Å². The highest BCUT2D eigenvalue weighted by molar-refractivity contribution is 7.92. The van der Waals surface area contributed by atoms with Crippen molar-refractivity contribution in [2.45, 2.75) is 19.9 Å². The maximum absolute atomic E-state index is 12.6. The van der Waals surface area contributed by atoms with Gasteiger partial charge in [-0.2, -0.15) is 0 Å². The molecular formula is C18H22N2O4S. The molecule has 0 saturated carbocycles. The Balaban J connectivity index is 2.31. The molecule has 2 rings (SSSR count). The highest BCUT2D eigenvalue weighted by atomic mass is 32.2. The van der Waals surface area contributed by atoms with Crippen LogP contribution in [-0.2, 0) is 14.8 Å². The molecule has 2 aromatic rings. The predicted molar refractivity (Wildman–Crippen MR) is 99.6 cm³/mol. The van der Waals surface area contributed by atoms with E-state index < -0.39 is 22.0 Å². The summed E-state index contributed by atoms with van der Waals surface area (Å²) in [6.07, 6.45) is 1.08. The molecule has 0 aliphatic rings. The van der Waals surface area contributed by atoms with Crippen molar-refractivity contribution in [1.29, 1.82) is 0 Å². The van der Waals surface area contributed by atoms with E-state index in [-0.39, 0.29) is 0 Å². The van der Waals surface area contributed by atoms with Crippen molar-refractivity contribution < 1.29 is 17.9 Å².